The zero-order valence-corrected chi connectivity index (χ0v) is 42.1. The second-order valence-electron chi connectivity index (χ2n) is 22.6. The Morgan fingerprint density at radius 2 is 0.929 bits per heavy atom. The van der Waals surface area contributed by atoms with Gasteiger partial charge in [-0.1, -0.05) is 178 Å². The highest BCUT2D eigenvalue weighted by Crippen LogP contribution is 2.52. The van der Waals surface area contributed by atoms with Crippen LogP contribution >= 0.6 is 0 Å². The molecule has 0 atom stereocenters. The van der Waals surface area contributed by atoms with Crippen LogP contribution in [0.3, 0.4) is 0 Å². The molecule has 0 fully saturated rings. The third-order valence-corrected chi connectivity index (χ3v) is 15.8. The SMILES string of the molecule is [2H]C(C)(C)c1ccc(N2c3ccc(C(C)(C)C)cc3B3c4cc(C([2H])(C)C)ccc4N(c4ccc(C(C)(C)C)cc4)c4cc(-n5c6cccc7c6c6c8c(cccc8ccc65)-c5ccccc5-7)cc2c43)cc1. The molecule has 0 unspecified atom stereocenters. The van der Waals surface area contributed by atoms with E-state index in [1.54, 1.807) is 0 Å². The summed E-state index contributed by atoms with van der Waals surface area (Å²) in [7, 11) is 0. The van der Waals surface area contributed by atoms with Crippen molar-refractivity contribution in [2.45, 2.75) is 91.9 Å². The lowest BCUT2D eigenvalue weighted by Gasteiger charge is -2.45. The molecular formula is C66H60BN3. The Kier molecular flexibility index (Phi) is 8.75. The molecule has 0 radical (unpaired) electrons. The van der Waals surface area contributed by atoms with Crippen LogP contribution in [0.25, 0.3) is 60.5 Å². The highest BCUT2D eigenvalue weighted by atomic mass is 15.2. The maximum Gasteiger partial charge on any atom is 0.252 e. The summed E-state index contributed by atoms with van der Waals surface area (Å²) in [6.45, 7) is 21.6. The van der Waals surface area contributed by atoms with E-state index in [-0.39, 0.29) is 17.5 Å². The van der Waals surface area contributed by atoms with Crippen LogP contribution in [0.2, 0.25) is 0 Å². The van der Waals surface area contributed by atoms with Crippen LogP contribution in [0.15, 0.2) is 170 Å². The molecule has 0 amide bonds. The quantitative estimate of drug-likeness (QED) is 0.159. The molecule has 4 heteroatoms. The molecule has 3 heterocycles. The van der Waals surface area contributed by atoms with Gasteiger partial charge in [0.25, 0.3) is 6.71 Å². The summed E-state index contributed by atoms with van der Waals surface area (Å²) in [5.74, 6) is -1.56. The van der Waals surface area contributed by atoms with Gasteiger partial charge in [0.15, 0.2) is 0 Å². The molecule has 0 saturated carbocycles. The van der Waals surface area contributed by atoms with Crippen LogP contribution in [0.4, 0.5) is 34.1 Å². The average Bonchev–Trinajstić information content (AvgIpc) is 3.63. The van der Waals surface area contributed by atoms with Crippen molar-refractivity contribution in [3.63, 3.8) is 0 Å². The van der Waals surface area contributed by atoms with Crippen molar-refractivity contribution in [1.82, 2.24) is 4.57 Å². The molecular weight excluding hydrogens is 846 g/mol. The second-order valence-corrected chi connectivity index (χ2v) is 22.6. The topological polar surface area (TPSA) is 11.4 Å². The minimum atomic E-state index is -0.812. The normalized spacial score (nSPS) is 14.5. The van der Waals surface area contributed by atoms with Gasteiger partial charge >= 0.3 is 0 Å². The van der Waals surface area contributed by atoms with Crippen molar-refractivity contribution in [2.24, 2.45) is 0 Å². The summed E-state index contributed by atoms with van der Waals surface area (Å²) in [5.41, 5.74) is 23.2. The molecule has 0 N–H and O–H groups in total. The fourth-order valence-electron chi connectivity index (χ4n) is 12.1. The lowest BCUT2D eigenvalue weighted by molar-refractivity contribution is 0.590. The number of fused-ring (bicyclic) bond motifs is 7. The molecule has 0 bridgehead atoms. The Labute approximate surface area is 416 Å². The average molecular weight is 908 g/mol. The summed E-state index contributed by atoms with van der Waals surface area (Å²) in [5, 5.41) is 5.09. The van der Waals surface area contributed by atoms with Gasteiger partial charge in [-0.05, 0) is 155 Å². The number of nitrogens with zero attached hydrogens (tertiary/aromatic N) is 3. The van der Waals surface area contributed by atoms with Gasteiger partial charge in [0.05, 0.1) is 16.7 Å². The van der Waals surface area contributed by atoms with Crippen LogP contribution < -0.4 is 26.2 Å². The Morgan fingerprint density at radius 1 is 0.414 bits per heavy atom. The summed E-state index contributed by atoms with van der Waals surface area (Å²) in [4.78, 5) is 5.01. The van der Waals surface area contributed by atoms with Crippen molar-refractivity contribution in [3.05, 3.63) is 192 Å². The first-order valence-electron chi connectivity index (χ1n) is 26.1. The number of aromatic nitrogens is 1. The Balaban J connectivity index is 1.19. The van der Waals surface area contributed by atoms with Crippen LogP contribution in [0.5, 0.6) is 0 Å². The molecule has 0 saturated heterocycles. The number of rotatable bonds is 5. The zero-order valence-electron chi connectivity index (χ0n) is 44.1. The predicted molar refractivity (Wildman–Crippen MR) is 302 cm³/mol. The predicted octanol–water partition coefficient (Wildman–Crippen LogP) is 16.5. The largest absolute Gasteiger partial charge is 0.311 e. The van der Waals surface area contributed by atoms with Crippen LogP contribution in [-0.4, -0.2) is 11.3 Å². The lowest BCUT2D eigenvalue weighted by Crippen LogP contribution is -2.61. The van der Waals surface area contributed by atoms with Crippen molar-refractivity contribution in [3.8, 4) is 27.9 Å². The molecule has 10 aromatic rings. The summed E-state index contributed by atoms with van der Waals surface area (Å²) in [6.07, 6.45) is 0. The number of benzene rings is 9. The van der Waals surface area contributed by atoms with E-state index in [1.165, 1.54) is 82.3 Å². The van der Waals surface area contributed by atoms with E-state index in [2.05, 4.69) is 226 Å². The number of anilines is 6. The monoisotopic (exact) mass is 908 g/mol. The van der Waals surface area contributed by atoms with E-state index >= 15 is 0 Å². The molecule has 0 spiro atoms. The van der Waals surface area contributed by atoms with Crippen molar-refractivity contribution >= 4 is 89.8 Å². The molecule has 1 aliphatic carbocycles. The van der Waals surface area contributed by atoms with E-state index in [9.17, 15) is 1.37 Å². The van der Waals surface area contributed by atoms with E-state index in [4.69, 9.17) is 1.37 Å². The number of hydrogen-bond acceptors (Lipinski definition) is 2. The number of hydrogen-bond donors (Lipinski definition) is 0. The molecule has 70 heavy (non-hydrogen) atoms. The van der Waals surface area contributed by atoms with Gasteiger partial charge in [-0.15, -0.1) is 0 Å². The second kappa shape index (κ2) is 15.1. The highest BCUT2D eigenvalue weighted by molar-refractivity contribution is 7.00. The molecule has 3 nitrogen and oxygen atoms in total. The van der Waals surface area contributed by atoms with Gasteiger partial charge in [-0.25, -0.2) is 0 Å². The van der Waals surface area contributed by atoms with Crippen molar-refractivity contribution in [1.29, 1.82) is 0 Å². The molecule has 3 aliphatic rings. The maximum atomic E-state index is 9.40. The van der Waals surface area contributed by atoms with Crippen LogP contribution in [0.1, 0.15) is 106 Å². The molecule has 342 valence electrons. The van der Waals surface area contributed by atoms with Crippen molar-refractivity contribution in [2.75, 3.05) is 9.80 Å². The fraction of sp³-hybridized carbons (Fsp3) is 0.212. The lowest BCUT2D eigenvalue weighted by atomic mass is 9.33. The minimum absolute atomic E-state index is 0.0145. The zero-order chi connectivity index (χ0) is 50.0. The molecule has 9 aromatic carbocycles. The van der Waals surface area contributed by atoms with Gasteiger partial charge in [-0.3, -0.25) is 0 Å². The van der Waals surface area contributed by atoms with E-state index in [0.717, 1.165) is 50.9 Å². The Bertz CT molecular complexity index is 3760. The molecule has 13 rings (SSSR count). The van der Waals surface area contributed by atoms with E-state index in [1.807, 2.05) is 27.7 Å². The van der Waals surface area contributed by atoms with Gasteiger partial charge in [-0.2, -0.15) is 0 Å². The fourth-order valence-corrected chi connectivity index (χ4v) is 12.1. The standard InChI is InChI=1S/C66H60BN3/c1-39(2)41-21-28-46(29-22-41)68-56-34-27-45(66(8,9)10)36-54(56)67-53-35-43(40(3)4)24-32-55(53)69(47-30-25-44(26-31-47)65(5,6)7)60-38-48(37-59(68)64(60)67)70-57-20-14-19-52-50-17-12-11-16-49(50)51-18-13-15-42-23-33-58(70)63(61(42)51)62(52)57/h11-40H,1-10H3/i39D,40D. The van der Waals surface area contributed by atoms with E-state index < -0.39 is 11.8 Å². The highest BCUT2D eigenvalue weighted by Gasteiger charge is 2.45. The van der Waals surface area contributed by atoms with Gasteiger partial charge in [0, 0.05) is 47.6 Å². The van der Waals surface area contributed by atoms with Gasteiger partial charge in [0.2, 0.25) is 0 Å². The van der Waals surface area contributed by atoms with Crippen LogP contribution in [-0.2, 0) is 10.8 Å². The molecule has 1 aromatic heterocycles. The first kappa shape index (κ1) is 40.6. The third kappa shape index (κ3) is 6.21. The molecule has 2 aliphatic heterocycles. The van der Waals surface area contributed by atoms with Gasteiger partial charge in [0.1, 0.15) is 0 Å². The smallest absolute Gasteiger partial charge is 0.252 e. The third-order valence-electron chi connectivity index (χ3n) is 15.8. The Hall–Kier alpha value is -7.30. The maximum absolute atomic E-state index is 9.40. The minimum Gasteiger partial charge on any atom is -0.311 e. The Morgan fingerprint density at radius 3 is 1.54 bits per heavy atom. The summed E-state index contributed by atoms with van der Waals surface area (Å²) >= 11 is 0. The van der Waals surface area contributed by atoms with Crippen LogP contribution in [0, 0.1) is 0 Å². The first-order valence-corrected chi connectivity index (χ1v) is 25.1. The van der Waals surface area contributed by atoms with Crippen molar-refractivity contribution < 1.29 is 2.74 Å². The first-order chi connectivity index (χ1) is 34.3. The summed E-state index contributed by atoms with van der Waals surface area (Å²) in [6, 6.07) is 64.1. The van der Waals surface area contributed by atoms with Gasteiger partial charge < -0.3 is 14.4 Å². The summed E-state index contributed by atoms with van der Waals surface area (Å²) < 4.78 is 20.9. The van der Waals surface area contributed by atoms with E-state index in [0.29, 0.717) is 0 Å².